The monoisotopic (exact) mass is 556 g/mol. The van der Waals surface area contributed by atoms with E-state index in [9.17, 15) is 14.3 Å². The SMILES string of the molecule is COc1ccc(C)cc1N1C(N2CCN(c3ccc(F)c(C)c3)CC2)=Nc2c(F)cccc2C1CC(=O)O.Cl. The molecule has 2 aliphatic rings. The number of methoxy groups -OCH3 is 1. The minimum Gasteiger partial charge on any atom is -0.495 e. The number of halogens is 3. The molecule has 206 valence electrons. The van der Waals surface area contributed by atoms with Gasteiger partial charge in [0.1, 0.15) is 23.1 Å². The summed E-state index contributed by atoms with van der Waals surface area (Å²) >= 11 is 0. The fraction of sp³-hybridized carbons (Fsp3) is 0.310. The molecule has 1 unspecified atom stereocenters. The number of aliphatic carboxylic acids is 1. The van der Waals surface area contributed by atoms with Crippen molar-refractivity contribution in [3.63, 3.8) is 0 Å². The van der Waals surface area contributed by atoms with Crippen LogP contribution < -0.4 is 14.5 Å². The number of aliphatic imine (C=N–C) groups is 1. The predicted octanol–water partition coefficient (Wildman–Crippen LogP) is 5.86. The van der Waals surface area contributed by atoms with E-state index in [0.29, 0.717) is 54.7 Å². The Balaban J connectivity index is 0.00000353. The summed E-state index contributed by atoms with van der Waals surface area (Å²) in [5, 5.41) is 9.87. The molecule has 2 aliphatic heterocycles. The van der Waals surface area contributed by atoms with Crippen LogP contribution in [0.4, 0.5) is 25.8 Å². The first-order valence-corrected chi connectivity index (χ1v) is 12.6. The lowest BCUT2D eigenvalue weighted by molar-refractivity contribution is -0.137. The number of carboxylic acid groups (broad SMARTS) is 1. The summed E-state index contributed by atoms with van der Waals surface area (Å²) in [6.07, 6.45) is -0.249. The average molecular weight is 557 g/mol. The number of fused-ring (bicyclic) bond motifs is 1. The van der Waals surface area contributed by atoms with E-state index in [1.54, 1.807) is 32.2 Å². The van der Waals surface area contributed by atoms with Gasteiger partial charge in [-0.1, -0.05) is 18.2 Å². The first kappa shape index (κ1) is 28.2. The molecule has 0 aromatic heterocycles. The molecule has 5 rings (SSSR count). The lowest BCUT2D eigenvalue weighted by atomic mass is 9.96. The van der Waals surface area contributed by atoms with E-state index in [4.69, 9.17) is 9.73 Å². The van der Waals surface area contributed by atoms with E-state index in [1.165, 1.54) is 12.1 Å². The van der Waals surface area contributed by atoms with Crippen LogP contribution >= 0.6 is 12.4 Å². The number of aryl methyl sites for hydroxylation is 2. The molecule has 0 saturated carbocycles. The van der Waals surface area contributed by atoms with E-state index in [2.05, 4.69) is 9.80 Å². The Morgan fingerprint density at radius 3 is 2.38 bits per heavy atom. The molecule has 3 aromatic rings. The number of rotatable bonds is 5. The van der Waals surface area contributed by atoms with Crippen molar-refractivity contribution in [3.8, 4) is 5.75 Å². The molecule has 39 heavy (non-hydrogen) atoms. The van der Waals surface area contributed by atoms with Gasteiger partial charge in [-0.2, -0.15) is 0 Å². The van der Waals surface area contributed by atoms with Gasteiger partial charge in [-0.3, -0.25) is 4.79 Å². The Morgan fingerprint density at radius 2 is 1.72 bits per heavy atom. The zero-order valence-electron chi connectivity index (χ0n) is 22.0. The van der Waals surface area contributed by atoms with Crippen LogP contribution in [0.2, 0.25) is 0 Å². The molecule has 0 radical (unpaired) electrons. The normalized spacial score (nSPS) is 16.8. The number of carbonyl (C=O) groups is 1. The first-order chi connectivity index (χ1) is 18.3. The molecule has 1 atom stereocenters. The zero-order valence-corrected chi connectivity index (χ0v) is 22.8. The Morgan fingerprint density at radius 1 is 1.00 bits per heavy atom. The van der Waals surface area contributed by atoms with Gasteiger partial charge in [0.15, 0.2) is 0 Å². The van der Waals surface area contributed by atoms with Crippen molar-refractivity contribution >= 4 is 41.4 Å². The van der Waals surface area contributed by atoms with Gasteiger partial charge >= 0.3 is 5.97 Å². The number of guanidine groups is 1. The summed E-state index contributed by atoms with van der Waals surface area (Å²) in [5.41, 5.74) is 3.84. The van der Waals surface area contributed by atoms with E-state index >= 15 is 4.39 Å². The van der Waals surface area contributed by atoms with Crippen molar-refractivity contribution in [1.82, 2.24) is 4.90 Å². The summed E-state index contributed by atoms with van der Waals surface area (Å²) in [7, 11) is 1.57. The van der Waals surface area contributed by atoms with Gasteiger partial charge in [-0.05, 0) is 61.4 Å². The second-order valence-electron chi connectivity index (χ2n) is 9.66. The number of para-hydroxylation sites is 1. The number of piperazine rings is 1. The highest BCUT2D eigenvalue weighted by molar-refractivity contribution is 6.02. The summed E-state index contributed by atoms with van der Waals surface area (Å²) < 4.78 is 34.6. The van der Waals surface area contributed by atoms with Crippen LogP contribution in [0.3, 0.4) is 0 Å². The summed E-state index contributed by atoms with van der Waals surface area (Å²) in [4.78, 5) is 22.9. The van der Waals surface area contributed by atoms with Crippen LogP contribution in [0.1, 0.15) is 29.2 Å². The Labute approximate surface area is 232 Å². The second kappa shape index (κ2) is 11.5. The van der Waals surface area contributed by atoms with Crippen LogP contribution in [-0.4, -0.2) is 55.2 Å². The van der Waals surface area contributed by atoms with Crippen LogP contribution in [0.25, 0.3) is 0 Å². The lowest BCUT2D eigenvalue weighted by Crippen LogP contribution is -2.55. The third-order valence-electron chi connectivity index (χ3n) is 7.15. The van der Waals surface area contributed by atoms with Gasteiger partial charge in [0.2, 0.25) is 5.96 Å². The Kier molecular flexibility index (Phi) is 8.30. The molecule has 7 nitrogen and oxygen atoms in total. The van der Waals surface area contributed by atoms with Crippen LogP contribution in [0.15, 0.2) is 59.6 Å². The average Bonchev–Trinajstić information content (AvgIpc) is 2.90. The van der Waals surface area contributed by atoms with E-state index in [0.717, 1.165) is 11.3 Å². The minimum atomic E-state index is -1.00. The zero-order chi connectivity index (χ0) is 27.0. The van der Waals surface area contributed by atoms with Crippen LogP contribution in [0, 0.1) is 25.5 Å². The van der Waals surface area contributed by atoms with Gasteiger partial charge in [0.05, 0.1) is 25.3 Å². The molecule has 0 spiro atoms. The molecule has 0 aliphatic carbocycles. The van der Waals surface area contributed by atoms with E-state index in [-0.39, 0.29) is 30.3 Å². The first-order valence-electron chi connectivity index (χ1n) is 12.6. The molecule has 10 heteroatoms. The number of benzene rings is 3. The molecule has 3 aromatic carbocycles. The third kappa shape index (κ3) is 5.49. The highest BCUT2D eigenvalue weighted by atomic mass is 35.5. The van der Waals surface area contributed by atoms with E-state index in [1.807, 2.05) is 36.1 Å². The largest absolute Gasteiger partial charge is 0.495 e. The van der Waals surface area contributed by atoms with Crippen LogP contribution in [0.5, 0.6) is 5.75 Å². The molecule has 1 fully saturated rings. The van der Waals surface area contributed by atoms with E-state index < -0.39 is 17.8 Å². The quantitative estimate of drug-likeness (QED) is 0.425. The van der Waals surface area contributed by atoms with Gasteiger partial charge in [-0.15, -0.1) is 12.4 Å². The van der Waals surface area contributed by atoms with Gasteiger partial charge < -0.3 is 24.5 Å². The molecule has 1 N–H and O–H groups in total. The molecular formula is C29H31ClF2N4O3. The number of anilines is 2. The van der Waals surface area contributed by atoms with Crippen molar-refractivity contribution in [2.75, 3.05) is 43.1 Å². The predicted molar refractivity (Wildman–Crippen MR) is 151 cm³/mol. The molecule has 1 saturated heterocycles. The molecule has 2 heterocycles. The van der Waals surface area contributed by atoms with Crippen molar-refractivity contribution in [2.45, 2.75) is 26.3 Å². The fourth-order valence-electron chi connectivity index (χ4n) is 5.20. The lowest BCUT2D eigenvalue weighted by Gasteiger charge is -2.45. The van der Waals surface area contributed by atoms with Crippen molar-refractivity contribution < 1.29 is 23.4 Å². The summed E-state index contributed by atoms with van der Waals surface area (Å²) in [6, 6.07) is 14.7. The number of carboxylic acids is 1. The maximum Gasteiger partial charge on any atom is 0.305 e. The number of ether oxygens (including phenoxy) is 1. The van der Waals surface area contributed by atoms with Crippen molar-refractivity contribution in [2.24, 2.45) is 4.99 Å². The van der Waals surface area contributed by atoms with Gasteiger partial charge in [0.25, 0.3) is 0 Å². The highest BCUT2D eigenvalue weighted by Gasteiger charge is 2.38. The topological polar surface area (TPSA) is 68.6 Å². The van der Waals surface area contributed by atoms with Gasteiger partial charge in [0, 0.05) is 37.4 Å². The third-order valence-corrected chi connectivity index (χ3v) is 7.15. The van der Waals surface area contributed by atoms with Gasteiger partial charge in [-0.25, -0.2) is 13.8 Å². The maximum absolute atomic E-state index is 15.1. The minimum absolute atomic E-state index is 0. The Bertz CT molecular complexity index is 1410. The number of nitrogens with zero attached hydrogens (tertiary/aromatic N) is 4. The molecule has 0 amide bonds. The summed E-state index contributed by atoms with van der Waals surface area (Å²) in [5.74, 6) is -0.685. The highest BCUT2D eigenvalue weighted by Crippen LogP contribution is 2.44. The Hall–Kier alpha value is -3.85. The number of hydrogen-bond donors (Lipinski definition) is 1. The second-order valence-corrected chi connectivity index (χ2v) is 9.66. The number of hydrogen-bond acceptors (Lipinski definition) is 6. The van der Waals surface area contributed by atoms with Crippen LogP contribution in [-0.2, 0) is 4.79 Å². The summed E-state index contributed by atoms with van der Waals surface area (Å²) in [6.45, 7) is 6.08. The fourth-order valence-corrected chi connectivity index (χ4v) is 5.20. The van der Waals surface area contributed by atoms with Crippen molar-refractivity contribution in [1.29, 1.82) is 0 Å². The molecular weight excluding hydrogens is 526 g/mol. The standard InChI is InChI=1S/C29H30F2N4O3.ClH/c1-18-7-10-26(38-3)25(15-18)35-24(17-27(36)37)21-5-4-6-23(31)28(21)32-29(35)34-13-11-33(12-14-34)20-8-9-22(30)19(2)16-20;/h4-10,15-16,24H,11-14,17H2,1-3H3,(H,36,37);1H. The van der Waals surface area contributed by atoms with Crippen molar-refractivity contribution in [3.05, 3.63) is 82.9 Å². The molecule has 0 bridgehead atoms. The smallest absolute Gasteiger partial charge is 0.305 e. The maximum atomic E-state index is 15.1.